The predicted molar refractivity (Wildman–Crippen MR) is 45.6 cm³/mol. The molecule has 0 aromatic heterocycles. The molecule has 1 fully saturated rings. The van der Waals surface area contributed by atoms with Crippen molar-refractivity contribution in [2.24, 2.45) is 22.7 Å². The van der Waals surface area contributed by atoms with Gasteiger partial charge in [0, 0.05) is 5.92 Å². The molecule has 0 N–H and O–H groups in total. The van der Waals surface area contributed by atoms with Crippen molar-refractivity contribution in [2.45, 2.75) is 13.8 Å². The zero-order valence-corrected chi connectivity index (χ0v) is 7.94. The van der Waals surface area contributed by atoms with Crippen molar-refractivity contribution in [3.05, 3.63) is 0 Å². The summed E-state index contributed by atoms with van der Waals surface area (Å²) in [5.74, 6) is -0.478. The van der Waals surface area contributed by atoms with Gasteiger partial charge in [0.1, 0.15) is 0 Å². The van der Waals surface area contributed by atoms with E-state index in [0.717, 1.165) is 0 Å². The molecule has 0 atom stereocenters. The van der Waals surface area contributed by atoms with Crippen molar-refractivity contribution in [1.29, 1.82) is 21.0 Å². The van der Waals surface area contributed by atoms with Crippen LogP contribution in [-0.4, -0.2) is 0 Å². The highest BCUT2D eigenvalue weighted by Gasteiger charge is 2.81. The second-order valence-electron chi connectivity index (χ2n) is 3.78. The summed E-state index contributed by atoms with van der Waals surface area (Å²) in [6.07, 6.45) is 0. The molecule has 1 rings (SSSR count). The van der Waals surface area contributed by atoms with Crippen LogP contribution in [0.2, 0.25) is 0 Å². The molecule has 4 heteroatoms. The Hall–Kier alpha value is -2.04. The first-order valence-electron chi connectivity index (χ1n) is 4.21. The maximum Gasteiger partial charge on any atom is 0.181 e. The molecule has 0 amide bonds. The molecule has 0 spiro atoms. The summed E-state index contributed by atoms with van der Waals surface area (Å²) < 4.78 is 0. The maximum absolute atomic E-state index is 8.90. The van der Waals surface area contributed by atoms with Gasteiger partial charge in [-0.25, -0.2) is 0 Å². The van der Waals surface area contributed by atoms with E-state index in [-0.39, 0.29) is 5.92 Å². The van der Waals surface area contributed by atoms with Crippen LogP contribution in [0.4, 0.5) is 0 Å². The van der Waals surface area contributed by atoms with Crippen LogP contribution in [0.5, 0.6) is 0 Å². The Kier molecular flexibility index (Phi) is 1.96. The van der Waals surface area contributed by atoms with Gasteiger partial charge in [0.25, 0.3) is 0 Å². The first-order chi connectivity index (χ1) is 6.56. The molecule has 0 aliphatic heterocycles. The molecule has 0 saturated heterocycles. The summed E-state index contributed by atoms with van der Waals surface area (Å²) in [5.41, 5.74) is -2.85. The Labute approximate surface area is 82.6 Å². The molecule has 0 radical (unpaired) electrons. The van der Waals surface area contributed by atoms with Gasteiger partial charge in [-0.2, -0.15) is 21.0 Å². The summed E-state index contributed by atoms with van der Waals surface area (Å²) in [4.78, 5) is 0. The van der Waals surface area contributed by atoms with Gasteiger partial charge in [-0.1, -0.05) is 13.8 Å². The zero-order valence-electron chi connectivity index (χ0n) is 7.94. The molecule has 0 heterocycles. The Morgan fingerprint density at radius 3 is 1.21 bits per heavy atom. The van der Waals surface area contributed by atoms with Gasteiger partial charge in [-0.3, -0.25) is 0 Å². The van der Waals surface area contributed by atoms with Crippen LogP contribution in [0.1, 0.15) is 13.8 Å². The van der Waals surface area contributed by atoms with Crippen molar-refractivity contribution in [2.75, 3.05) is 0 Å². The van der Waals surface area contributed by atoms with Crippen molar-refractivity contribution in [1.82, 2.24) is 0 Å². The smallest absolute Gasteiger partial charge is 0.181 e. The third-order valence-corrected chi connectivity index (χ3v) is 2.84. The largest absolute Gasteiger partial charge is 0.196 e. The van der Waals surface area contributed by atoms with E-state index in [9.17, 15) is 0 Å². The Balaban J connectivity index is 3.30. The standard InChI is InChI=1S/C10H8N4/c1-7(2)8-9(3-11,4-12)10(8,5-13)6-14/h7-8H,1-2H3. The molecular formula is C10H8N4. The van der Waals surface area contributed by atoms with Crippen molar-refractivity contribution in [3.63, 3.8) is 0 Å². The summed E-state index contributed by atoms with van der Waals surface area (Å²) in [7, 11) is 0. The fourth-order valence-electron chi connectivity index (χ4n) is 2.18. The highest BCUT2D eigenvalue weighted by atomic mass is 14.8. The molecule has 0 aromatic rings. The predicted octanol–water partition coefficient (Wildman–Crippen LogP) is 1.34. The van der Waals surface area contributed by atoms with Crippen molar-refractivity contribution < 1.29 is 0 Å². The lowest BCUT2D eigenvalue weighted by Gasteiger charge is -1.99. The number of nitriles is 4. The average molecular weight is 184 g/mol. The Morgan fingerprint density at radius 2 is 1.14 bits per heavy atom. The zero-order chi connectivity index (χ0) is 11.0. The van der Waals surface area contributed by atoms with Crippen molar-refractivity contribution >= 4 is 0 Å². The molecule has 1 aliphatic rings. The summed E-state index contributed by atoms with van der Waals surface area (Å²) in [5, 5.41) is 35.6. The van der Waals surface area contributed by atoms with Gasteiger partial charge in [0.2, 0.25) is 0 Å². The molecule has 0 unspecified atom stereocenters. The van der Waals surface area contributed by atoms with Crippen LogP contribution in [-0.2, 0) is 0 Å². The van der Waals surface area contributed by atoms with E-state index in [4.69, 9.17) is 21.0 Å². The quantitative estimate of drug-likeness (QED) is 0.614. The summed E-state index contributed by atoms with van der Waals surface area (Å²) in [6.45, 7) is 3.62. The number of rotatable bonds is 1. The van der Waals surface area contributed by atoms with E-state index >= 15 is 0 Å². The van der Waals surface area contributed by atoms with Crippen LogP contribution in [0.25, 0.3) is 0 Å². The highest BCUT2D eigenvalue weighted by molar-refractivity contribution is 5.51. The van der Waals surface area contributed by atoms with Crippen LogP contribution in [0.15, 0.2) is 0 Å². The highest BCUT2D eigenvalue weighted by Crippen LogP contribution is 2.70. The normalized spacial score (nSPS) is 21.4. The lowest BCUT2D eigenvalue weighted by molar-refractivity contribution is 0.498. The van der Waals surface area contributed by atoms with Gasteiger partial charge in [0.15, 0.2) is 10.8 Å². The van der Waals surface area contributed by atoms with Crippen LogP contribution < -0.4 is 0 Å². The van der Waals surface area contributed by atoms with E-state index in [1.54, 1.807) is 0 Å². The Bertz CT molecular complexity index is 355. The average Bonchev–Trinajstić information content (AvgIpc) is 2.81. The van der Waals surface area contributed by atoms with Gasteiger partial charge >= 0.3 is 0 Å². The second-order valence-corrected chi connectivity index (χ2v) is 3.78. The third kappa shape index (κ3) is 0.736. The van der Waals surface area contributed by atoms with Gasteiger partial charge in [0.05, 0.1) is 24.3 Å². The van der Waals surface area contributed by atoms with E-state index in [0.29, 0.717) is 0 Å². The molecule has 14 heavy (non-hydrogen) atoms. The van der Waals surface area contributed by atoms with Gasteiger partial charge < -0.3 is 0 Å². The summed E-state index contributed by atoms with van der Waals surface area (Å²) in [6, 6.07) is 7.28. The van der Waals surface area contributed by atoms with Crippen molar-refractivity contribution in [3.8, 4) is 24.3 Å². The fourth-order valence-corrected chi connectivity index (χ4v) is 2.18. The van der Waals surface area contributed by atoms with Gasteiger partial charge in [-0.15, -0.1) is 0 Å². The molecule has 1 saturated carbocycles. The van der Waals surface area contributed by atoms with E-state index in [1.807, 2.05) is 38.1 Å². The summed E-state index contributed by atoms with van der Waals surface area (Å²) >= 11 is 0. The minimum absolute atomic E-state index is 0.0198. The lowest BCUT2D eigenvalue weighted by atomic mass is 9.98. The van der Waals surface area contributed by atoms with E-state index < -0.39 is 16.7 Å². The van der Waals surface area contributed by atoms with Gasteiger partial charge in [-0.05, 0) is 5.92 Å². The fraction of sp³-hybridized carbons (Fsp3) is 0.600. The third-order valence-electron chi connectivity index (χ3n) is 2.84. The SMILES string of the molecule is CC(C)C1C(C#N)(C#N)C1(C#N)C#N. The minimum Gasteiger partial charge on any atom is -0.196 e. The van der Waals surface area contributed by atoms with Crippen LogP contribution >= 0.6 is 0 Å². The maximum atomic E-state index is 8.90. The van der Waals surface area contributed by atoms with E-state index in [2.05, 4.69) is 0 Å². The molecule has 0 bridgehead atoms. The minimum atomic E-state index is -1.43. The molecule has 0 aromatic carbocycles. The first kappa shape index (κ1) is 10.0. The monoisotopic (exact) mass is 184 g/mol. The van der Waals surface area contributed by atoms with Crippen LogP contribution in [0, 0.1) is 68.0 Å². The van der Waals surface area contributed by atoms with E-state index in [1.165, 1.54) is 0 Å². The second kappa shape index (κ2) is 2.73. The topological polar surface area (TPSA) is 95.2 Å². The molecule has 68 valence electrons. The first-order valence-corrected chi connectivity index (χ1v) is 4.21. The van der Waals surface area contributed by atoms with Crippen LogP contribution in [0.3, 0.4) is 0 Å². The number of hydrogen-bond donors (Lipinski definition) is 0. The molecular weight excluding hydrogens is 176 g/mol. The lowest BCUT2D eigenvalue weighted by Crippen LogP contribution is -2.05. The molecule has 1 aliphatic carbocycles. The Morgan fingerprint density at radius 1 is 0.857 bits per heavy atom. The number of hydrogen-bond acceptors (Lipinski definition) is 4. The molecule has 4 nitrogen and oxygen atoms in total. The number of nitrogens with zero attached hydrogens (tertiary/aromatic N) is 4.